The lowest BCUT2D eigenvalue weighted by Gasteiger charge is -2.23. The molecule has 6 heteroatoms. The number of hydrogen-bond donors (Lipinski definition) is 3. The monoisotopic (exact) mass is 263 g/mol. The Morgan fingerprint density at radius 1 is 1.53 bits per heavy atom. The Morgan fingerprint density at radius 3 is 2.95 bits per heavy atom. The third-order valence-corrected chi connectivity index (χ3v) is 3.22. The molecule has 2 rings (SSSR count). The van der Waals surface area contributed by atoms with Crippen LogP contribution in [0.15, 0.2) is 18.2 Å². The maximum absolute atomic E-state index is 11.9. The van der Waals surface area contributed by atoms with E-state index in [-0.39, 0.29) is 18.4 Å². The summed E-state index contributed by atoms with van der Waals surface area (Å²) in [7, 11) is 1.61. The van der Waals surface area contributed by atoms with E-state index in [4.69, 9.17) is 10.8 Å². The van der Waals surface area contributed by atoms with Crippen LogP contribution in [0.1, 0.15) is 12.0 Å². The molecule has 1 unspecified atom stereocenters. The van der Waals surface area contributed by atoms with Crippen LogP contribution in [0.2, 0.25) is 0 Å². The molecular weight excluding hydrogens is 246 g/mol. The summed E-state index contributed by atoms with van der Waals surface area (Å²) < 4.78 is 0. The highest BCUT2D eigenvalue weighted by atomic mass is 16.3. The normalized spacial score (nSPS) is 15.4. The minimum absolute atomic E-state index is 0.00647. The summed E-state index contributed by atoms with van der Waals surface area (Å²) in [5.41, 5.74) is 7.99. The topological polar surface area (TPSA) is 95.7 Å². The van der Waals surface area contributed by atoms with E-state index in [1.54, 1.807) is 19.2 Å². The summed E-state index contributed by atoms with van der Waals surface area (Å²) >= 11 is 0. The number of anilines is 2. The van der Waals surface area contributed by atoms with E-state index in [2.05, 4.69) is 5.32 Å². The Balaban J connectivity index is 2.22. The highest BCUT2D eigenvalue weighted by Crippen LogP contribution is 2.27. The van der Waals surface area contributed by atoms with Gasteiger partial charge in [-0.25, -0.2) is 0 Å². The maximum Gasteiger partial charge on any atom is 0.246 e. The lowest BCUT2D eigenvalue weighted by Crippen LogP contribution is -2.44. The highest BCUT2D eigenvalue weighted by molar-refractivity contribution is 5.98. The molecule has 0 saturated heterocycles. The van der Waals surface area contributed by atoms with E-state index >= 15 is 0 Å². The number of aryl methyl sites for hydroxylation is 1. The minimum atomic E-state index is -0.916. The molecule has 0 radical (unpaired) electrons. The van der Waals surface area contributed by atoms with Crippen molar-refractivity contribution in [1.82, 2.24) is 0 Å². The van der Waals surface area contributed by atoms with E-state index in [9.17, 15) is 9.59 Å². The van der Waals surface area contributed by atoms with Gasteiger partial charge in [0.2, 0.25) is 11.8 Å². The van der Waals surface area contributed by atoms with E-state index in [0.29, 0.717) is 18.5 Å². The van der Waals surface area contributed by atoms with Gasteiger partial charge in [-0.3, -0.25) is 9.59 Å². The zero-order valence-electron chi connectivity index (χ0n) is 10.7. The van der Waals surface area contributed by atoms with Crippen LogP contribution < -0.4 is 16.0 Å². The highest BCUT2D eigenvalue weighted by Gasteiger charge is 2.20. The van der Waals surface area contributed by atoms with Crippen LogP contribution in [-0.2, 0) is 16.0 Å². The fourth-order valence-corrected chi connectivity index (χ4v) is 2.03. The van der Waals surface area contributed by atoms with Crippen LogP contribution in [-0.4, -0.2) is 36.6 Å². The quantitative estimate of drug-likeness (QED) is 0.707. The van der Waals surface area contributed by atoms with E-state index < -0.39 is 6.04 Å². The Bertz CT molecular complexity index is 516. The van der Waals surface area contributed by atoms with Crippen LogP contribution in [0.4, 0.5) is 11.4 Å². The van der Waals surface area contributed by atoms with Gasteiger partial charge < -0.3 is 21.1 Å². The van der Waals surface area contributed by atoms with Gasteiger partial charge in [-0.15, -0.1) is 0 Å². The average molecular weight is 263 g/mol. The molecule has 1 aliphatic rings. The SMILES string of the molecule is CN(C(=O)C(N)CO)c1ccc2c(c1)CCC(=O)N2. The second-order valence-electron chi connectivity index (χ2n) is 4.58. The number of fused-ring (bicyclic) bond motifs is 1. The van der Waals surface area contributed by atoms with Crippen LogP contribution in [0.25, 0.3) is 0 Å². The van der Waals surface area contributed by atoms with Gasteiger partial charge in [-0.05, 0) is 30.2 Å². The minimum Gasteiger partial charge on any atom is -0.394 e. The van der Waals surface area contributed by atoms with Crippen LogP contribution in [0.5, 0.6) is 0 Å². The fraction of sp³-hybridized carbons (Fsp3) is 0.385. The van der Waals surface area contributed by atoms with Gasteiger partial charge in [0, 0.05) is 24.8 Å². The lowest BCUT2D eigenvalue weighted by atomic mass is 10.0. The molecule has 0 bridgehead atoms. The number of rotatable bonds is 3. The average Bonchev–Trinajstić information content (AvgIpc) is 2.44. The number of hydrogen-bond acceptors (Lipinski definition) is 4. The number of aliphatic hydroxyl groups is 1. The Hall–Kier alpha value is -1.92. The standard InChI is InChI=1S/C13H17N3O3/c1-16(13(19)10(14)7-17)9-3-4-11-8(6-9)2-5-12(18)15-11/h3-4,6,10,17H,2,5,7,14H2,1H3,(H,15,18). The Morgan fingerprint density at radius 2 is 2.26 bits per heavy atom. The predicted octanol–water partition coefficient (Wildman–Crippen LogP) is -0.146. The molecule has 2 amide bonds. The summed E-state index contributed by atoms with van der Waals surface area (Å²) in [6, 6.07) is 4.46. The lowest BCUT2D eigenvalue weighted by molar-refractivity contribution is -0.120. The molecule has 4 N–H and O–H groups in total. The van der Waals surface area contributed by atoms with Crippen molar-refractivity contribution in [3.05, 3.63) is 23.8 Å². The molecule has 1 aromatic rings. The van der Waals surface area contributed by atoms with Crippen molar-refractivity contribution < 1.29 is 14.7 Å². The molecule has 0 saturated carbocycles. The number of carbonyl (C=O) groups excluding carboxylic acids is 2. The van der Waals surface area contributed by atoms with Gasteiger partial charge in [0.15, 0.2) is 0 Å². The van der Waals surface area contributed by atoms with Gasteiger partial charge in [-0.1, -0.05) is 0 Å². The van der Waals surface area contributed by atoms with Gasteiger partial charge in [0.05, 0.1) is 6.61 Å². The first-order valence-electron chi connectivity index (χ1n) is 6.09. The molecule has 0 fully saturated rings. The summed E-state index contributed by atoms with van der Waals surface area (Å²) in [6.07, 6.45) is 1.10. The number of nitrogens with one attached hydrogen (secondary N) is 1. The van der Waals surface area contributed by atoms with Crippen molar-refractivity contribution in [2.75, 3.05) is 23.9 Å². The van der Waals surface area contributed by atoms with Crippen molar-refractivity contribution in [3.63, 3.8) is 0 Å². The van der Waals surface area contributed by atoms with Gasteiger partial charge in [0.25, 0.3) is 0 Å². The van der Waals surface area contributed by atoms with Crippen LogP contribution >= 0.6 is 0 Å². The van der Waals surface area contributed by atoms with Crippen LogP contribution in [0.3, 0.4) is 0 Å². The third kappa shape index (κ3) is 2.74. The molecule has 0 spiro atoms. The summed E-state index contributed by atoms with van der Waals surface area (Å²) in [5, 5.41) is 11.7. The Labute approximate surface area is 111 Å². The number of benzene rings is 1. The number of carbonyl (C=O) groups is 2. The van der Waals surface area contributed by atoms with Gasteiger partial charge >= 0.3 is 0 Å². The van der Waals surface area contributed by atoms with Crippen molar-refractivity contribution in [3.8, 4) is 0 Å². The first-order valence-corrected chi connectivity index (χ1v) is 6.09. The second kappa shape index (κ2) is 5.38. The van der Waals surface area contributed by atoms with Gasteiger partial charge in [-0.2, -0.15) is 0 Å². The summed E-state index contributed by atoms with van der Waals surface area (Å²) in [4.78, 5) is 24.5. The molecule has 1 heterocycles. The molecular formula is C13H17N3O3. The zero-order valence-corrected chi connectivity index (χ0v) is 10.7. The second-order valence-corrected chi connectivity index (χ2v) is 4.58. The van der Waals surface area contributed by atoms with Crippen molar-refractivity contribution >= 4 is 23.2 Å². The molecule has 0 aliphatic carbocycles. The Kier molecular flexibility index (Phi) is 3.82. The largest absolute Gasteiger partial charge is 0.394 e. The molecule has 1 aromatic carbocycles. The first kappa shape index (κ1) is 13.5. The predicted molar refractivity (Wildman–Crippen MR) is 71.9 cm³/mol. The molecule has 1 atom stereocenters. The zero-order chi connectivity index (χ0) is 14.0. The summed E-state index contributed by atoms with van der Waals surface area (Å²) in [6.45, 7) is -0.385. The third-order valence-electron chi connectivity index (χ3n) is 3.22. The van der Waals surface area contributed by atoms with Crippen molar-refractivity contribution in [2.45, 2.75) is 18.9 Å². The number of nitrogens with zero attached hydrogens (tertiary/aromatic N) is 1. The van der Waals surface area contributed by atoms with E-state index in [1.165, 1.54) is 4.90 Å². The number of nitrogens with two attached hydrogens (primary N) is 1. The molecule has 102 valence electrons. The summed E-state index contributed by atoms with van der Waals surface area (Å²) in [5.74, 6) is -0.339. The smallest absolute Gasteiger partial charge is 0.246 e. The van der Waals surface area contributed by atoms with Gasteiger partial charge in [0.1, 0.15) is 6.04 Å². The maximum atomic E-state index is 11.9. The number of likely N-dealkylation sites (N-methyl/N-ethyl adjacent to an activating group) is 1. The van der Waals surface area contributed by atoms with Crippen molar-refractivity contribution in [1.29, 1.82) is 0 Å². The molecule has 19 heavy (non-hydrogen) atoms. The molecule has 6 nitrogen and oxygen atoms in total. The molecule has 1 aliphatic heterocycles. The number of amides is 2. The molecule has 0 aromatic heterocycles. The first-order chi connectivity index (χ1) is 9.02. The van der Waals surface area contributed by atoms with E-state index in [0.717, 1.165) is 11.3 Å². The van der Waals surface area contributed by atoms with E-state index in [1.807, 2.05) is 6.07 Å². The number of aliphatic hydroxyl groups excluding tert-OH is 1. The van der Waals surface area contributed by atoms with Crippen LogP contribution in [0, 0.1) is 0 Å². The van der Waals surface area contributed by atoms with Crippen molar-refractivity contribution in [2.24, 2.45) is 5.73 Å². The fourth-order valence-electron chi connectivity index (χ4n) is 2.03.